The molecule has 0 aliphatic carbocycles. The SMILES string of the molecule is COC(=O)[C@@H](CC(C)C)NC(=O)c1ccc(N2CCCCC2=O)cc1. The fourth-order valence-electron chi connectivity index (χ4n) is 2.94. The molecule has 136 valence electrons. The van der Waals surface area contributed by atoms with E-state index in [-0.39, 0.29) is 17.7 Å². The number of methoxy groups -OCH3 is 1. The number of ether oxygens (including phenoxy) is 1. The Morgan fingerprint density at radius 1 is 1.20 bits per heavy atom. The third kappa shape index (κ3) is 5.05. The van der Waals surface area contributed by atoms with Crippen LogP contribution in [0.1, 0.15) is 49.9 Å². The van der Waals surface area contributed by atoms with E-state index >= 15 is 0 Å². The molecule has 25 heavy (non-hydrogen) atoms. The van der Waals surface area contributed by atoms with Crippen molar-refractivity contribution in [3.8, 4) is 0 Å². The molecule has 2 rings (SSSR count). The monoisotopic (exact) mass is 346 g/mol. The molecule has 1 saturated heterocycles. The molecule has 1 aromatic carbocycles. The summed E-state index contributed by atoms with van der Waals surface area (Å²) in [6, 6.07) is 6.23. The van der Waals surface area contributed by atoms with Crippen molar-refractivity contribution < 1.29 is 19.1 Å². The summed E-state index contributed by atoms with van der Waals surface area (Å²) in [4.78, 5) is 38.0. The Kier molecular flexibility index (Phi) is 6.56. The first-order chi connectivity index (χ1) is 11.9. The van der Waals surface area contributed by atoms with Crippen LogP contribution in [0, 0.1) is 5.92 Å². The number of piperidine rings is 1. The Hall–Kier alpha value is -2.37. The number of benzene rings is 1. The molecule has 1 heterocycles. The molecule has 1 N–H and O–H groups in total. The lowest BCUT2D eigenvalue weighted by Crippen LogP contribution is -2.42. The van der Waals surface area contributed by atoms with Crippen LogP contribution in [0.25, 0.3) is 0 Å². The molecule has 6 heteroatoms. The first-order valence-corrected chi connectivity index (χ1v) is 8.71. The van der Waals surface area contributed by atoms with Crippen molar-refractivity contribution in [2.24, 2.45) is 5.92 Å². The van der Waals surface area contributed by atoms with Gasteiger partial charge in [0.1, 0.15) is 6.04 Å². The van der Waals surface area contributed by atoms with Gasteiger partial charge in [0.05, 0.1) is 7.11 Å². The van der Waals surface area contributed by atoms with Crippen molar-refractivity contribution >= 4 is 23.5 Å². The second-order valence-corrected chi connectivity index (χ2v) is 6.73. The van der Waals surface area contributed by atoms with Gasteiger partial charge >= 0.3 is 5.97 Å². The molecule has 1 aliphatic rings. The molecule has 0 spiro atoms. The zero-order chi connectivity index (χ0) is 18.4. The van der Waals surface area contributed by atoms with Crippen LogP contribution in [0.5, 0.6) is 0 Å². The third-order valence-electron chi connectivity index (χ3n) is 4.26. The smallest absolute Gasteiger partial charge is 0.328 e. The largest absolute Gasteiger partial charge is 0.467 e. The minimum absolute atomic E-state index is 0.117. The van der Waals surface area contributed by atoms with Gasteiger partial charge in [-0.1, -0.05) is 13.8 Å². The summed E-state index contributed by atoms with van der Waals surface area (Å²) in [7, 11) is 1.31. The van der Waals surface area contributed by atoms with Gasteiger partial charge in [-0.15, -0.1) is 0 Å². The molecule has 0 saturated carbocycles. The van der Waals surface area contributed by atoms with Gasteiger partial charge in [-0.3, -0.25) is 9.59 Å². The Bertz CT molecular complexity index is 625. The van der Waals surface area contributed by atoms with Crippen LogP contribution in [0.4, 0.5) is 5.69 Å². The van der Waals surface area contributed by atoms with Gasteiger partial charge in [0.25, 0.3) is 5.91 Å². The van der Waals surface area contributed by atoms with Gasteiger partial charge in [-0.2, -0.15) is 0 Å². The number of nitrogens with zero attached hydrogens (tertiary/aromatic N) is 1. The molecule has 1 fully saturated rings. The van der Waals surface area contributed by atoms with Crippen LogP contribution in [-0.4, -0.2) is 37.5 Å². The highest BCUT2D eigenvalue weighted by Gasteiger charge is 2.24. The molecular formula is C19H26N2O4. The zero-order valence-corrected chi connectivity index (χ0v) is 15.1. The quantitative estimate of drug-likeness (QED) is 0.803. The van der Waals surface area contributed by atoms with E-state index < -0.39 is 12.0 Å². The maximum absolute atomic E-state index is 12.4. The number of carbonyl (C=O) groups is 3. The molecule has 0 radical (unpaired) electrons. The van der Waals surface area contributed by atoms with Crippen molar-refractivity contribution in [1.82, 2.24) is 5.32 Å². The number of rotatable bonds is 6. The highest BCUT2D eigenvalue weighted by molar-refractivity contribution is 5.98. The number of hydrogen-bond donors (Lipinski definition) is 1. The number of carbonyl (C=O) groups excluding carboxylic acids is 3. The summed E-state index contributed by atoms with van der Waals surface area (Å²) in [6.07, 6.45) is 3.00. The van der Waals surface area contributed by atoms with E-state index in [0.717, 1.165) is 18.5 Å². The van der Waals surface area contributed by atoms with Crippen LogP contribution in [-0.2, 0) is 14.3 Å². The Morgan fingerprint density at radius 2 is 1.88 bits per heavy atom. The van der Waals surface area contributed by atoms with Crippen molar-refractivity contribution in [1.29, 1.82) is 0 Å². The average Bonchev–Trinajstić information content (AvgIpc) is 2.60. The normalized spacial score (nSPS) is 15.8. The van der Waals surface area contributed by atoms with Crippen molar-refractivity contribution in [2.45, 2.75) is 45.6 Å². The third-order valence-corrected chi connectivity index (χ3v) is 4.26. The number of esters is 1. The van der Waals surface area contributed by atoms with E-state index in [4.69, 9.17) is 4.74 Å². The maximum Gasteiger partial charge on any atom is 0.328 e. The number of anilines is 1. The summed E-state index contributed by atoms with van der Waals surface area (Å²) in [5.74, 6) is -0.409. The van der Waals surface area contributed by atoms with Gasteiger partial charge in [-0.05, 0) is 49.4 Å². The Morgan fingerprint density at radius 3 is 2.44 bits per heavy atom. The number of nitrogens with one attached hydrogen (secondary N) is 1. The predicted octanol–water partition coefficient (Wildman–Crippen LogP) is 2.52. The van der Waals surface area contributed by atoms with Gasteiger partial charge in [-0.25, -0.2) is 4.79 Å². The lowest BCUT2D eigenvalue weighted by molar-refractivity contribution is -0.143. The van der Waals surface area contributed by atoms with E-state index in [1.165, 1.54) is 7.11 Å². The molecule has 1 aromatic rings. The van der Waals surface area contributed by atoms with Gasteiger partial charge in [0, 0.05) is 24.2 Å². The lowest BCUT2D eigenvalue weighted by Gasteiger charge is -2.26. The summed E-state index contributed by atoms with van der Waals surface area (Å²) in [5.41, 5.74) is 1.25. The van der Waals surface area contributed by atoms with Crippen LogP contribution in [0.2, 0.25) is 0 Å². The zero-order valence-electron chi connectivity index (χ0n) is 15.1. The van der Waals surface area contributed by atoms with Crippen LogP contribution >= 0.6 is 0 Å². The topological polar surface area (TPSA) is 75.7 Å². The number of hydrogen-bond acceptors (Lipinski definition) is 4. The number of amides is 2. The van der Waals surface area contributed by atoms with E-state index in [2.05, 4.69) is 5.32 Å². The van der Waals surface area contributed by atoms with Crippen molar-refractivity contribution in [3.05, 3.63) is 29.8 Å². The molecule has 1 aliphatic heterocycles. The van der Waals surface area contributed by atoms with Crippen LogP contribution in [0.15, 0.2) is 24.3 Å². The first-order valence-electron chi connectivity index (χ1n) is 8.71. The highest BCUT2D eigenvalue weighted by atomic mass is 16.5. The fraction of sp³-hybridized carbons (Fsp3) is 0.526. The van der Waals surface area contributed by atoms with E-state index in [1.807, 2.05) is 13.8 Å². The molecule has 0 aromatic heterocycles. The minimum Gasteiger partial charge on any atom is -0.467 e. The van der Waals surface area contributed by atoms with E-state index in [1.54, 1.807) is 29.2 Å². The summed E-state index contributed by atoms with van der Waals surface area (Å²) in [5, 5.41) is 2.73. The second kappa shape index (κ2) is 8.65. The van der Waals surface area contributed by atoms with E-state index in [0.29, 0.717) is 24.9 Å². The van der Waals surface area contributed by atoms with Crippen molar-refractivity contribution in [3.63, 3.8) is 0 Å². The maximum atomic E-state index is 12.4. The summed E-state index contributed by atoms with van der Waals surface area (Å²) >= 11 is 0. The lowest BCUT2D eigenvalue weighted by atomic mass is 10.0. The van der Waals surface area contributed by atoms with Gasteiger partial charge in [0.15, 0.2) is 0 Å². The molecule has 1 atom stereocenters. The fourth-order valence-corrected chi connectivity index (χ4v) is 2.94. The minimum atomic E-state index is -0.666. The highest BCUT2D eigenvalue weighted by Crippen LogP contribution is 2.21. The second-order valence-electron chi connectivity index (χ2n) is 6.73. The molecule has 2 amide bonds. The molecule has 6 nitrogen and oxygen atoms in total. The van der Waals surface area contributed by atoms with Gasteiger partial charge < -0.3 is 15.0 Å². The molecular weight excluding hydrogens is 320 g/mol. The Labute approximate surface area is 148 Å². The first kappa shape index (κ1) is 19.0. The molecule has 0 bridgehead atoms. The predicted molar refractivity (Wildman–Crippen MR) is 95.4 cm³/mol. The van der Waals surface area contributed by atoms with Crippen LogP contribution in [0.3, 0.4) is 0 Å². The van der Waals surface area contributed by atoms with Gasteiger partial charge in [0.2, 0.25) is 5.91 Å². The summed E-state index contributed by atoms with van der Waals surface area (Å²) < 4.78 is 4.76. The Balaban J connectivity index is 2.06. The summed E-state index contributed by atoms with van der Waals surface area (Å²) in [6.45, 7) is 4.67. The van der Waals surface area contributed by atoms with E-state index in [9.17, 15) is 14.4 Å². The molecule has 0 unspecified atom stereocenters. The van der Waals surface area contributed by atoms with Crippen LogP contribution < -0.4 is 10.2 Å². The average molecular weight is 346 g/mol. The van der Waals surface area contributed by atoms with Crippen molar-refractivity contribution in [2.75, 3.05) is 18.6 Å². The standard InChI is InChI=1S/C19H26N2O4/c1-13(2)12-16(19(24)25-3)20-18(23)14-7-9-15(10-8-14)21-11-5-4-6-17(21)22/h7-10,13,16H,4-6,11-12H2,1-3H3,(H,20,23)/t16-/m1/s1.